The second kappa shape index (κ2) is 11.7. The highest BCUT2D eigenvalue weighted by Crippen LogP contribution is 2.28. The molecule has 0 atom stereocenters. The third-order valence-corrected chi connectivity index (χ3v) is 6.15. The van der Waals surface area contributed by atoms with Crippen molar-refractivity contribution in [3.63, 3.8) is 0 Å². The molecular weight excluding hydrogens is 482 g/mol. The van der Waals surface area contributed by atoms with Crippen LogP contribution in [-0.2, 0) is 4.79 Å². The number of ether oxygens (including phenoxy) is 1. The third-order valence-electron chi connectivity index (χ3n) is 4.97. The monoisotopic (exact) mass is 505 g/mol. The van der Waals surface area contributed by atoms with Gasteiger partial charge in [0.15, 0.2) is 11.0 Å². The number of nitrogens with zero attached hydrogens (tertiary/aromatic N) is 4. The van der Waals surface area contributed by atoms with E-state index in [1.54, 1.807) is 6.21 Å². The summed E-state index contributed by atoms with van der Waals surface area (Å²) in [6, 6.07) is 23.0. The number of aromatic nitrogens is 3. The van der Waals surface area contributed by atoms with Crippen LogP contribution < -0.4 is 10.2 Å². The van der Waals surface area contributed by atoms with Crippen molar-refractivity contribution in [1.29, 1.82) is 0 Å². The smallest absolute Gasteiger partial charge is 0.250 e. The molecule has 7 nitrogen and oxygen atoms in total. The number of carbonyl (C=O) groups excluding carboxylic acids is 1. The molecule has 4 rings (SSSR count). The lowest BCUT2D eigenvalue weighted by atomic mass is 10.1. The summed E-state index contributed by atoms with van der Waals surface area (Å²) < 4.78 is 7.49. The molecule has 0 aliphatic carbocycles. The highest BCUT2D eigenvalue weighted by atomic mass is 35.5. The van der Waals surface area contributed by atoms with Crippen molar-refractivity contribution in [3.05, 3.63) is 88.9 Å². The van der Waals surface area contributed by atoms with Crippen molar-refractivity contribution in [2.24, 2.45) is 5.10 Å². The first-order valence-corrected chi connectivity index (χ1v) is 12.4. The van der Waals surface area contributed by atoms with E-state index < -0.39 is 0 Å². The Morgan fingerprint density at radius 2 is 1.83 bits per heavy atom. The van der Waals surface area contributed by atoms with E-state index in [0.29, 0.717) is 28.4 Å². The van der Waals surface area contributed by atoms with Crippen LogP contribution in [0.5, 0.6) is 5.75 Å². The van der Waals surface area contributed by atoms with Crippen LogP contribution in [0.25, 0.3) is 17.1 Å². The van der Waals surface area contributed by atoms with Gasteiger partial charge in [-0.25, -0.2) is 5.43 Å². The Bertz CT molecular complexity index is 1320. The first-order valence-electron chi connectivity index (χ1n) is 11.0. The van der Waals surface area contributed by atoms with Crippen molar-refractivity contribution < 1.29 is 9.53 Å². The largest absolute Gasteiger partial charge is 0.493 e. The molecule has 1 heterocycles. The number of hydrazone groups is 1. The van der Waals surface area contributed by atoms with Crippen molar-refractivity contribution in [2.75, 3.05) is 12.4 Å². The summed E-state index contributed by atoms with van der Waals surface area (Å²) in [6.45, 7) is 4.50. The van der Waals surface area contributed by atoms with Gasteiger partial charge in [0.2, 0.25) is 0 Å². The number of hydrogen-bond acceptors (Lipinski definition) is 6. The summed E-state index contributed by atoms with van der Waals surface area (Å²) in [5.74, 6) is 1.25. The molecule has 0 unspecified atom stereocenters. The fourth-order valence-corrected chi connectivity index (χ4v) is 4.16. The van der Waals surface area contributed by atoms with E-state index in [1.165, 1.54) is 11.8 Å². The normalized spacial score (nSPS) is 11.1. The minimum absolute atomic E-state index is 0.115. The minimum Gasteiger partial charge on any atom is -0.493 e. The molecule has 178 valence electrons. The first kappa shape index (κ1) is 24.5. The number of benzene rings is 3. The maximum Gasteiger partial charge on any atom is 0.250 e. The average Bonchev–Trinajstić information content (AvgIpc) is 3.29. The second-order valence-electron chi connectivity index (χ2n) is 7.54. The Morgan fingerprint density at radius 1 is 1.09 bits per heavy atom. The Hall–Kier alpha value is -3.62. The molecule has 0 bridgehead atoms. The minimum atomic E-state index is -0.261. The number of nitrogens with one attached hydrogen (secondary N) is 1. The fourth-order valence-electron chi connectivity index (χ4n) is 3.29. The Balaban J connectivity index is 1.49. The third kappa shape index (κ3) is 6.29. The van der Waals surface area contributed by atoms with Crippen LogP contribution in [0.15, 0.2) is 83.1 Å². The summed E-state index contributed by atoms with van der Waals surface area (Å²) in [5.41, 5.74) is 6.27. The molecule has 35 heavy (non-hydrogen) atoms. The molecule has 0 saturated heterocycles. The summed E-state index contributed by atoms with van der Waals surface area (Å²) in [4.78, 5) is 12.5. The molecule has 3 aromatic carbocycles. The van der Waals surface area contributed by atoms with E-state index in [9.17, 15) is 4.79 Å². The van der Waals surface area contributed by atoms with E-state index in [2.05, 4.69) is 20.7 Å². The van der Waals surface area contributed by atoms with Crippen molar-refractivity contribution >= 4 is 35.5 Å². The van der Waals surface area contributed by atoms with Crippen molar-refractivity contribution in [3.8, 4) is 22.8 Å². The lowest BCUT2D eigenvalue weighted by molar-refractivity contribution is -0.118. The molecule has 0 radical (unpaired) electrons. The van der Waals surface area contributed by atoms with Gasteiger partial charge in [0.1, 0.15) is 5.75 Å². The summed E-state index contributed by atoms with van der Waals surface area (Å²) in [7, 11) is 0. The van der Waals surface area contributed by atoms with Gasteiger partial charge in [-0.2, -0.15) is 5.10 Å². The molecule has 0 aliphatic heterocycles. The van der Waals surface area contributed by atoms with Crippen molar-refractivity contribution in [1.82, 2.24) is 20.2 Å². The molecule has 1 aromatic heterocycles. The lowest BCUT2D eigenvalue weighted by Gasteiger charge is -2.10. The average molecular weight is 506 g/mol. The van der Waals surface area contributed by atoms with Gasteiger partial charge in [-0.05, 0) is 50.2 Å². The van der Waals surface area contributed by atoms with Crippen LogP contribution in [0.3, 0.4) is 0 Å². The molecule has 0 saturated carbocycles. The van der Waals surface area contributed by atoms with E-state index in [1.807, 2.05) is 91.2 Å². The highest BCUT2D eigenvalue weighted by Gasteiger charge is 2.17. The van der Waals surface area contributed by atoms with E-state index in [4.69, 9.17) is 16.3 Å². The molecule has 0 fully saturated rings. The maximum absolute atomic E-state index is 12.5. The van der Waals surface area contributed by atoms with E-state index in [0.717, 1.165) is 22.4 Å². The fraction of sp³-hybridized carbons (Fsp3) is 0.154. The van der Waals surface area contributed by atoms with Gasteiger partial charge in [-0.1, -0.05) is 65.3 Å². The molecule has 1 N–H and O–H groups in total. The standard InChI is InChI=1S/C26H24ClN5O2S/c1-3-34-23-7-5-4-6-20(23)16-28-29-24(33)17-35-26-31-30-25(19-10-8-18(2)9-11-19)32(26)22-14-12-21(27)13-15-22/h4-16H,3,17H2,1-2H3,(H,29,33)/b28-16-. The van der Waals surface area contributed by atoms with Crippen LogP contribution in [0.1, 0.15) is 18.1 Å². The SMILES string of the molecule is CCOc1ccccc1/C=N\NC(=O)CSc1nnc(-c2ccc(C)cc2)n1-c1ccc(Cl)cc1. The Morgan fingerprint density at radius 3 is 2.57 bits per heavy atom. The molecule has 4 aromatic rings. The van der Waals surface area contributed by atoms with Gasteiger partial charge in [0, 0.05) is 21.8 Å². The van der Waals surface area contributed by atoms with Crippen LogP contribution in [-0.4, -0.2) is 39.2 Å². The number of carbonyl (C=O) groups is 1. The quantitative estimate of drug-likeness (QED) is 0.183. The van der Waals surface area contributed by atoms with Crippen molar-refractivity contribution in [2.45, 2.75) is 19.0 Å². The summed E-state index contributed by atoms with van der Waals surface area (Å²) in [5, 5.41) is 14.1. The van der Waals surface area contributed by atoms with Gasteiger partial charge in [0.05, 0.1) is 18.6 Å². The predicted molar refractivity (Wildman–Crippen MR) is 141 cm³/mol. The number of aryl methyl sites for hydroxylation is 1. The molecule has 9 heteroatoms. The number of rotatable bonds is 9. The first-order chi connectivity index (χ1) is 17.0. The van der Waals surface area contributed by atoms with Crippen LogP contribution >= 0.6 is 23.4 Å². The van der Waals surface area contributed by atoms with Crippen LogP contribution in [0, 0.1) is 6.92 Å². The van der Waals surface area contributed by atoms with Gasteiger partial charge in [0.25, 0.3) is 5.91 Å². The molecule has 1 amide bonds. The number of halogens is 1. The topological polar surface area (TPSA) is 81.4 Å². The maximum atomic E-state index is 12.5. The molecule has 0 spiro atoms. The lowest BCUT2D eigenvalue weighted by Crippen LogP contribution is -2.20. The summed E-state index contributed by atoms with van der Waals surface area (Å²) >= 11 is 7.37. The number of thioether (sulfide) groups is 1. The number of para-hydroxylation sites is 1. The number of hydrogen-bond donors (Lipinski definition) is 1. The van der Waals surface area contributed by atoms with Crippen LogP contribution in [0.2, 0.25) is 5.02 Å². The highest BCUT2D eigenvalue weighted by molar-refractivity contribution is 7.99. The zero-order valence-corrected chi connectivity index (χ0v) is 20.9. The van der Waals surface area contributed by atoms with E-state index >= 15 is 0 Å². The predicted octanol–water partition coefficient (Wildman–Crippen LogP) is 5.54. The van der Waals surface area contributed by atoms with E-state index in [-0.39, 0.29) is 11.7 Å². The van der Waals surface area contributed by atoms with Gasteiger partial charge in [-0.3, -0.25) is 9.36 Å². The van der Waals surface area contributed by atoms with Gasteiger partial charge in [-0.15, -0.1) is 10.2 Å². The molecular formula is C26H24ClN5O2S. The zero-order valence-electron chi connectivity index (χ0n) is 19.3. The van der Waals surface area contributed by atoms with Crippen LogP contribution in [0.4, 0.5) is 0 Å². The Labute approximate surface area is 213 Å². The number of amides is 1. The van der Waals surface area contributed by atoms with Gasteiger partial charge < -0.3 is 4.74 Å². The second-order valence-corrected chi connectivity index (χ2v) is 8.92. The molecule has 0 aliphatic rings. The van der Waals surface area contributed by atoms with Gasteiger partial charge >= 0.3 is 0 Å². The zero-order chi connectivity index (χ0) is 24.6. The summed E-state index contributed by atoms with van der Waals surface area (Å²) in [6.07, 6.45) is 1.57. The Kier molecular flexibility index (Phi) is 8.18.